The Balaban J connectivity index is 2.12. The van der Waals surface area contributed by atoms with Gasteiger partial charge in [0.15, 0.2) is 0 Å². The Bertz CT molecular complexity index is 194. The van der Waals surface area contributed by atoms with Gasteiger partial charge in [-0.05, 0) is 24.7 Å². The highest BCUT2D eigenvalue weighted by Gasteiger charge is 2.59. The fourth-order valence-corrected chi connectivity index (χ4v) is 3.47. The Hall–Kier alpha value is 0.440. The Morgan fingerprint density at radius 1 is 1.00 bits per heavy atom. The molecule has 1 fully saturated rings. The first-order chi connectivity index (χ1) is 5.23. The molecule has 2 aliphatic carbocycles. The zero-order valence-corrected chi connectivity index (χ0v) is 9.31. The quantitative estimate of drug-likeness (QED) is 0.593. The van der Waals surface area contributed by atoms with Gasteiger partial charge in [0.1, 0.15) is 0 Å². The van der Waals surface area contributed by atoms with Gasteiger partial charge in [0.05, 0.1) is 3.23 Å². The molecule has 0 bridgehead atoms. The molecule has 2 unspecified atom stereocenters. The minimum Gasteiger partial charge on any atom is -0.0842 e. The fourth-order valence-electron chi connectivity index (χ4n) is 1.71. The molecular formula is C9H10Br2. The van der Waals surface area contributed by atoms with Crippen molar-refractivity contribution in [1.82, 2.24) is 0 Å². The van der Waals surface area contributed by atoms with E-state index in [-0.39, 0.29) is 3.23 Å². The molecule has 0 N–H and O–H groups in total. The van der Waals surface area contributed by atoms with E-state index in [1.165, 1.54) is 12.8 Å². The van der Waals surface area contributed by atoms with Crippen LogP contribution in [0.3, 0.4) is 0 Å². The summed E-state index contributed by atoms with van der Waals surface area (Å²) < 4.78 is 0.249. The van der Waals surface area contributed by atoms with Crippen LogP contribution in [-0.4, -0.2) is 3.23 Å². The van der Waals surface area contributed by atoms with Gasteiger partial charge in [-0.3, -0.25) is 0 Å². The van der Waals surface area contributed by atoms with Crippen molar-refractivity contribution in [2.75, 3.05) is 0 Å². The van der Waals surface area contributed by atoms with Crippen molar-refractivity contribution in [2.24, 2.45) is 11.8 Å². The van der Waals surface area contributed by atoms with E-state index in [1.807, 2.05) is 0 Å². The molecule has 2 aliphatic rings. The fraction of sp³-hybridized carbons (Fsp3) is 0.556. The summed E-state index contributed by atoms with van der Waals surface area (Å²) in [6, 6.07) is 0. The minimum atomic E-state index is 0.249. The van der Waals surface area contributed by atoms with Crippen LogP contribution in [0.4, 0.5) is 0 Å². The molecule has 0 aromatic carbocycles. The molecule has 0 spiro atoms. The third kappa shape index (κ3) is 1.35. The first-order valence-electron chi connectivity index (χ1n) is 3.92. The maximum absolute atomic E-state index is 3.70. The molecule has 0 aromatic rings. The minimum absolute atomic E-state index is 0.249. The maximum atomic E-state index is 3.70. The van der Waals surface area contributed by atoms with Gasteiger partial charge in [-0.25, -0.2) is 0 Å². The molecule has 0 amide bonds. The lowest BCUT2D eigenvalue weighted by molar-refractivity contribution is 0.715. The van der Waals surface area contributed by atoms with E-state index in [1.54, 1.807) is 0 Å². The summed E-state index contributed by atoms with van der Waals surface area (Å²) in [5.41, 5.74) is 0. The molecule has 2 atom stereocenters. The molecule has 11 heavy (non-hydrogen) atoms. The van der Waals surface area contributed by atoms with Crippen LogP contribution in [-0.2, 0) is 0 Å². The lowest BCUT2D eigenvalue weighted by Crippen LogP contribution is -1.86. The van der Waals surface area contributed by atoms with E-state index in [2.05, 4.69) is 56.2 Å². The Kier molecular flexibility index (Phi) is 2.00. The van der Waals surface area contributed by atoms with Gasteiger partial charge in [-0.2, -0.15) is 0 Å². The number of alkyl halides is 2. The van der Waals surface area contributed by atoms with Gasteiger partial charge in [0, 0.05) is 0 Å². The van der Waals surface area contributed by atoms with Crippen molar-refractivity contribution in [3.63, 3.8) is 0 Å². The Morgan fingerprint density at radius 3 is 1.91 bits per heavy atom. The van der Waals surface area contributed by atoms with Crippen LogP contribution >= 0.6 is 31.9 Å². The molecule has 2 heteroatoms. The predicted molar refractivity (Wildman–Crippen MR) is 55.1 cm³/mol. The second kappa shape index (κ2) is 2.74. The highest BCUT2D eigenvalue weighted by Crippen LogP contribution is 2.65. The monoisotopic (exact) mass is 276 g/mol. The van der Waals surface area contributed by atoms with Crippen molar-refractivity contribution in [3.05, 3.63) is 24.3 Å². The van der Waals surface area contributed by atoms with Crippen molar-refractivity contribution in [3.8, 4) is 0 Å². The zero-order valence-electron chi connectivity index (χ0n) is 6.13. The number of fused-ring (bicyclic) bond motifs is 1. The van der Waals surface area contributed by atoms with Gasteiger partial charge in [0.25, 0.3) is 0 Å². The molecule has 1 saturated carbocycles. The van der Waals surface area contributed by atoms with Crippen LogP contribution in [0.5, 0.6) is 0 Å². The van der Waals surface area contributed by atoms with Gasteiger partial charge in [-0.15, -0.1) is 0 Å². The summed E-state index contributed by atoms with van der Waals surface area (Å²) in [5.74, 6) is 1.59. The Labute approximate surface area is 84.0 Å². The van der Waals surface area contributed by atoms with Crippen molar-refractivity contribution >= 4 is 31.9 Å². The molecule has 60 valence electrons. The standard InChI is InChI=1S/C9H10Br2/c10-9(11)7-5-3-1-2-4-6-8(7)9/h1-4,7-8H,5-6H2. The summed E-state index contributed by atoms with van der Waals surface area (Å²) in [7, 11) is 0. The van der Waals surface area contributed by atoms with E-state index in [0.717, 1.165) is 11.8 Å². The average Bonchev–Trinajstić information content (AvgIpc) is 2.29. The van der Waals surface area contributed by atoms with Crippen molar-refractivity contribution in [2.45, 2.75) is 16.1 Å². The number of rotatable bonds is 0. The topological polar surface area (TPSA) is 0 Å². The highest BCUT2D eigenvalue weighted by atomic mass is 79.9. The number of hydrogen-bond donors (Lipinski definition) is 0. The third-order valence-corrected chi connectivity index (χ3v) is 4.88. The lowest BCUT2D eigenvalue weighted by Gasteiger charge is -1.92. The molecule has 0 nitrogen and oxygen atoms in total. The summed E-state index contributed by atoms with van der Waals surface area (Å²) in [4.78, 5) is 0. The second-order valence-corrected chi connectivity index (χ2v) is 6.90. The molecule has 0 heterocycles. The molecule has 0 saturated heterocycles. The average molecular weight is 278 g/mol. The normalized spacial score (nSPS) is 39.1. The summed E-state index contributed by atoms with van der Waals surface area (Å²) >= 11 is 7.40. The lowest BCUT2D eigenvalue weighted by atomic mass is 10.1. The van der Waals surface area contributed by atoms with Crippen LogP contribution in [0.2, 0.25) is 0 Å². The predicted octanol–water partition coefficient (Wildman–Crippen LogP) is 3.62. The smallest absolute Gasteiger partial charge is 0.0842 e. The third-order valence-electron chi connectivity index (χ3n) is 2.53. The number of halogens is 2. The van der Waals surface area contributed by atoms with Crippen LogP contribution in [0, 0.1) is 11.8 Å². The molecule has 0 radical (unpaired) electrons. The van der Waals surface area contributed by atoms with Crippen LogP contribution in [0.15, 0.2) is 24.3 Å². The van der Waals surface area contributed by atoms with Gasteiger partial charge in [0.2, 0.25) is 0 Å². The van der Waals surface area contributed by atoms with Crippen LogP contribution in [0.25, 0.3) is 0 Å². The Morgan fingerprint density at radius 2 is 1.45 bits per heavy atom. The number of allylic oxidation sites excluding steroid dienone is 4. The van der Waals surface area contributed by atoms with Crippen LogP contribution in [0.1, 0.15) is 12.8 Å². The van der Waals surface area contributed by atoms with Crippen molar-refractivity contribution in [1.29, 1.82) is 0 Å². The molecule has 0 aromatic heterocycles. The van der Waals surface area contributed by atoms with Crippen LogP contribution < -0.4 is 0 Å². The van der Waals surface area contributed by atoms with Gasteiger partial charge < -0.3 is 0 Å². The zero-order chi connectivity index (χ0) is 7.90. The maximum Gasteiger partial charge on any atom is 0.0874 e. The summed E-state index contributed by atoms with van der Waals surface area (Å²) in [6.07, 6.45) is 11.2. The molecular weight excluding hydrogens is 268 g/mol. The second-order valence-electron chi connectivity index (χ2n) is 3.22. The molecule has 2 rings (SSSR count). The number of hydrogen-bond acceptors (Lipinski definition) is 0. The first kappa shape index (κ1) is 8.06. The first-order valence-corrected chi connectivity index (χ1v) is 5.51. The van der Waals surface area contributed by atoms with Gasteiger partial charge >= 0.3 is 0 Å². The van der Waals surface area contributed by atoms with Crippen molar-refractivity contribution < 1.29 is 0 Å². The van der Waals surface area contributed by atoms with E-state index in [9.17, 15) is 0 Å². The largest absolute Gasteiger partial charge is 0.0874 e. The van der Waals surface area contributed by atoms with E-state index < -0.39 is 0 Å². The van der Waals surface area contributed by atoms with E-state index >= 15 is 0 Å². The summed E-state index contributed by atoms with van der Waals surface area (Å²) in [6.45, 7) is 0. The highest BCUT2D eigenvalue weighted by molar-refractivity contribution is 9.25. The van der Waals surface area contributed by atoms with E-state index in [4.69, 9.17) is 0 Å². The summed E-state index contributed by atoms with van der Waals surface area (Å²) in [5, 5.41) is 0. The van der Waals surface area contributed by atoms with Gasteiger partial charge in [-0.1, -0.05) is 56.2 Å². The molecule has 0 aliphatic heterocycles. The SMILES string of the molecule is BrC1(Br)C2CC=CC=CCC21. The van der Waals surface area contributed by atoms with E-state index in [0.29, 0.717) is 0 Å².